The molecule has 0 amide bonds. The average molecular weight is 723 g/mol. The second-order valence-electron chi connectivity index (χ2n) is 15.3. The minimum atomic E-state index is -1.66. The van der Waals surface area contributed by atoms with E-state index in [4.69, 9.17) is 33.2 Å². The van der Waals surface area contributed by atoms with Crippen LogP contribution in [0.4, 0.5) is 0 Å². The lowest BCUT2D eigenvalue weighted by Gasteiger charge is -2.47. The number of ether oxygens (including phenoxy) is 7. The van der Waals surface area contributed by atoms with Crippen LogP contribution in [-0.4, -0.2) is 115 Å². The fraction of sp³-hybridized carbons (Fsp3) is 0.763. The van der Waals surface area contributed by atoms with Crippen LogP contribution in [0.2, 0.25) is 0 Å². The van der Waals surface area contributed by atoms with Crippen molar-refractivity contribution in [3.8, 4) is 0 Å². The number of rotatable bonds is 13. The van der Waals surface area contributed by atoms with Crippen LogP contribution in [0.3, 0.4) is 0 Å². The second-order valence-corrected chi connectivity index (χ2v) is 15.3. The summed E-state index contributed by atoms with van der Waals surface area (Å²) in [7, 11) is 1.66. The van der Waals surface area contributed by atoms with E-state index in [1.165, 1.54) is 20.8 Å². The van der Waals surface area contributed by atoms with E-state index < -0.39 is 77.9 Å². The number of esters is 3. The van der Waals surface area contributed by atoms with Gasteiger partial charge in [-0.15, -0.1) is 6.58 Å². The van der Waals surface area contributed by atoms with E-state index in [0.717, 1.165) is 24.0 Å². The Hall–Kier alpha value is -2.65. The molecule has 288 valence electrons. The largest absolute Gasteiger partial charge is 0.465 e. The third kappa shape index (κ3) is 8.94. The van der Waals surface area contributed by atoms with E-state index in [9.17, 15) is 29.7 Å². The van der Waals surface area contributed by atoms with Crippen molar-refractivity contribution in [2.75, 3.05) is 26.9 Å². The van der Waals surface area contributed by atoms with Gasteiger partial charge in [-0.1, -0.05) is 37.1 Å². The highest BCUT2D eigenvalue weighted by Crippen LogP contribution is 2.56. The molecule has 4 rings (SSSR count). The first kappa shape index (κ1) is 41.1. The summed E-state index contributed by atoms with van der Waals surface area (Å²) in [6.45, 7) is 17.3. The lowest BCUT2D eigenvalue weighted by atomic mass is 9.68. The van der Waals surface area contributed by atoms with Gasteiger partial charge in [-0.05, 0) is 51.0 Å². The van der Waals surface area contributed by atoms with Crippen molar-refractivity contribution in [1.82, 2.24) is 0 Å². The first-order valence-corrected chi connectivity index (χ1v) is 17.9. The third-order valence-corrected chi connectivity index (χ3v) is 11.1. The summed E-state index contributed by atoms with van der Waals surface area (Å²) in [6, 6.07) is 0. The highest BCUT2D eigenvalue weighted by Gasteiger charge is 2.57. The Balaban J connectivity index is 1.88. The minimum absolute atomic E-state index is 0.0304. The Morgan fingerprint density at radius 1 is 1.04 bits per heavy atom. The monoisotopic (exact) mass is 722 g/mol. The van der Waals surface area contributed by atoms with Gasteiger partial charge in [0.2, 0.25) is 0 Å². The Morgan fingerprint density at radius 3 is 2.29 bits per heavy atom. The van der Waals surface area contributed by atoms with Gasteiger partial charge in [0.1, 0.15) is 30.5 Å². The first-order chi connectivity index (χ1) is 23.8. The van der Waals surface area contributed by atoms with Crippen molar-refractivity contribution < 1.29 is 62.9 Å². The predicted octanol–water partition coefficient (Wildman–Crippen LogP) is 3.18. The van der Waals surface area contributed by atoms with Crippen molar-refractivity contribution >= 4 is 17.9 Å². The van der Waals surface area contributed by atoms with Crippen LogP contribution < -0.4 is 0 Å². The van der Waals surface area contributed by atoms with Crippen LogP contribution in [0.15, 0.2) is 35.5 Å². The van der Waals surface area contributed by atoms with Crippen molar-refractivity contribution in [3.05, 3.63) is 35.5 Å². The van der Waals surface area contributed by atoms with E-state index in [-0.39, 0.29) is 43.3 Å². The van der Waals surface area contributed by atoms with Crippen LogP contribution in [0.1, 0.15) is 74.7 Å². The molecule has 1 heterocycles. The number of hydrogen-bond acceptors (Lipinski definition) is 13. The highest BCUT2D eigenvalue weighted by atomic mass is 16.7. The van der Waals surface area contributed by atoms with Gasteiger partial charge in [0.25, 0.3) is 0 Å². The molecule has 0 radical (unpaired) electrons. The van der Waals surface area contributed by atoms with E-state index in [2.05, 4.69) is 12.7 Å². The summed E-state index contributed by atoms with van der Waals surface area (Å²) < 4.78 is 41.3. The summed E-state index contributed by atoms with van der Waals surface area (Å²) >= 11 is 0. The molecule has 13 heteroatoms. The van der Waals surface area contributed by atoms with Crippen molar-refractivity contribution in [3.63, 3.8) is 0 Å². The predicted molar refractivity (Wildman–Crippen MR) is 184 cm³/mol. The fourth-order valence-corrected chi connectivity index (χ4v) is 8.23. The summed E-state index contributed by atoms with van der Waals surface area (Å²) in [5, 5.41) is 35.2. The molecule has 3 aliphatic carbocycles. The van der Waals surface area contributed by atoms with E-state index >= 15 is 0 Å². The molecule has 0 unspecified atom stereocenters. The van der Waals surface area contributed by atoms with Gasteiger partial charge in [0.15, 0.2) is 12.4 Å². The lowest BCUT2D eigenvalue weighted by Crippen LogP contribution is -2.62. The molecule has 1 saturated heterocycles. The quantitative estimate of drug-likeness (QED) is 0.144. The van der Waals surface area contributed by atoms with Gasteiger partial charge in [0.05, 0.1) is 31.5 Å². The first-order valence-electron chi connectivity index (χ1n) is 17.9. The number of hydrogen-bond donors (Lipinski definition) is 3. The number of carbonyl (C=O) groups is 3. The maximum absolute atomic E-state index is 12.6. The number of methoxy groups -OCH3 is 1. The second kappa shape index (κ2) is 16.6. The molecule has 1 saturated carbocycles. The molecule has 0 aromatic rings. The van der Waals surface area contributed by atoms with Crippen molar-refractivity contribution in [2.45, 2.75) is 129 Å². The van der Waals surface area contributed by atoms with E-state index in [0.29, 0.717) is 12.2 Å². The van der Waals surface area contributed by atoms with Crippen LogP contribution >= 0.6 is 0 Å². The Bertz CT molecular complexity index is 1350. The molecule has 1 aliphatic heterocycles. The van der Waals surface area contributed by atoms with Gasteiger partial charge in [-0.25, -0.2) is 0 Å². The van der Waals surface area contributed by atoms with Gasteiger partial charge in [0, 0.05) is 51.6 Å². The molecule has 0 aromatic carbocycles. The standard InChI is InChI=1S/C38H58O13/c1-11-37(7,8)47-18-28-32(43)35(49-23(6)41)33(44)36(50-28)51-34-30-26(19(2)16-46-21(4)39)14-29(48-22(5)40)38(30,9)15-27-24(17-45-10)12-13-25(27)20(3)31(34)42/h11,15,19-20,24-25,28-29,31-36,42-44H,1,12-14,16-18H2,2-10H3/b27-15-/t19-,20-,24-,25+,28-,29+,31-,32-,33-,34-,35+,36-,38+/m1/s1. The number of aliphatic hydroxyl groups is 3. The molecule has 13 atom stereocenters. The Morgan fingerprint density at radius 2 is 1.71 bits per heavy atom. The van der Waals surface area contributed by atoms with Crippen molar-refractivity contribution in [1.29, 1.82) is 0 Å². The Kier molecular flexibility index (Phi) is 13.4. The number of aliphatic hydroxyl groups excluding tert-OH is 3. The molecule has 0 spiro atoms. The molecule has 13 nitrogen and oxygen atoms in total. The van der Waals surface area contributed by atoms with Crippen LogP contribution in [0.25, 0.3) is 0 Å². The van der Waals surface area contributed by atoms with Gasteiger partial charge < -0.3 is 48.5 Å². The summed E-state index contributed by atoms with van der Waals surface area (Å²) in [4.78, 5) is 36.6. The summed E-state index contributed by atoms with van der Waals surface area (Å²) in [5.74, 6) is -2.36. The topological polar surface area (TPSA) is 177 Å². The molecule has 2 fully saturated rings. The van der Waals surface area contributed by atoms with Gasteiger partial charge in [-0.2, -0.15) is 0 Å². The maximum Gasteiger partial charge on any atom is 0.303 e. The molecular formula is C38H58O13. The van der Waals surface area contributed by atoms with Crippen LogP contribution in [-0.2, 0) is 47.5 Å². The number of fused-ring (bicyclic) bond motifs is 2. The zero-order valence-corrected chi connectivity index (χ0v) is 31.5. The highest BCUT2D eigenvalue weighted by molar-refractivity contribution is 5.67. The molecule has 51 heavy (non-hydrogen) atoms. The average Bonchev–Trinajstić information content (AvgIpc) is 3.56. The SMILES string of the molecule is C=CC(C)(C)OC[C@H]1O[C@H](O[C@@H]2C3=C([C@H](C)COC(C)=O)C[C@H](OC(C)=O)[C@]3(C)/C=C3/[C@@H](COC)CC[C@H]3[C@@H](C)[C@H]2O)[C@H](O)[C@@H](OC(C)=O)[C@@H]1O. The molecule has 0 bridgehead atoms. The zero-order chi connectivity index (χ0) is 38.0. The van der Waals surface area contributed by atoms with Crippen LogP contribution in [0.5, 0.6) is 0 Å². The smallest absolute Gasteiger partial charge is 0.303 e. The maximum atomic E-state index is 12.6. The van der Waals surface area contributed by atoms with E-state index in [1.807, 2.05) is 20.8 Å². The van der Waals surface area contributed by atoms with Gasteiger partial charge >= 0.3 is 17.9 Å². The molecule has 4 aliphatic rings. The Labute approximate surface area is 301 Å². The molecule has 0 aromatic heterocycles. The van der Waals surface area contributed by atoms with E-state index in [1.54, 1.807) is 27.0 Å². The zero-order valence-electron chi connectivity index (χ0n) is 31.5. The lowest BCUT2D eigenvalue weighted by molar-refractivity contribution is -0.320. The number of carbonyl (C=O) groups excluding carboxylic acids is 3. The van der Waals surface area contributed by atoms with Crippen molar-refractivity contribution in [2.24, 2.45) is 29.1 Å². The fourth-order valence-electron chi connectivity index (χ4n) is 8.23. The summed E-state index contributed by atoms with van der Waals surface area (Å²) in [6.07, 6.45) is -4.56. The third-order valence-electron chi connectivity index (χ3n) is 11.1. The molecular weight excluding hydrogens is 664 g/mol. The minimum Gasteiger partial charge on any atom is -0.465 e. The molecule has 3 N–H and O–H groups in total. The van der Waals surface area contributed by atoms with Crippen LogP contribution in [0, 0.1) is 29.1 Å². The van der Waals surface area contributed by atoms with Gasteiger partial charge in [-0.3, -0.25) is 14.4 Å². The normalized spacial score (nSPS) is 38.4. The summed E-state index contributed by atoms with van der Waals surface area (Å²) in [5.41, 5.74) is 0.702.